The van der Waals surface area contributed by atoms with Crippen molar-refractivity contribution in [3.8, 4) is 11.5 Å². The maximum Gasteiger partial charge on any atom is 0.165 e. The van der Waals surface area contributed by atoms with Gasteiger partial charge in [0, 0.05) is 12.0 Å². The lowest BCUT2D eigenvalue weighted by Gasteiger charge is -2.18. The first-order valence-electron chi connectivity index (χ1n) is 5.20. The van der Waals surface area contributed by atoms with E-state index in [1.165, 1.54) is 5.56 Å². The van der Waals surface area contributed by atoms with Crippen molar-refractivity contribution in [1.82, 2.24) is 0 Å². The average Bonchev–Trinajstić information content (AvgIpc) is 2.48. The number of rotatable bonds is 3. The van der Waals surface area contributed by atoms with E-state index >= 15 is 0 Å². The van der Waals surface area contributed by atoms with Gasteiger partial charge in [-0.15, -0.1) is 0 Å². The van der Waals surface area contributed by atoms with Crippen LogP contribution in [0.4, 0.5) is 0 Å². The molecule has 0 aromatic heterocycles. The quantitative estimate of drug-likeness (QED) is 0.817. The zero-order valence-corrected chi connectivity index (χ0v) is 10.3. The van der Waals surface area contributed by atoms with Gasteiger partial charge in [0.25, 0.3) is 0 Å². The zero-order valence-electron chi connectivity index (χ0n) is 9.45. The molecule has 0 saturated carbocycles. The van der Waals surface area contributed by atoms with Crippen molar-refractivity contribution in [3.05, 3.63) is 23.8 Å². The SMILES string of the molecule is CC1(C)Cc2cccc(OCC(N)=S)c2O1. The Labute approximate surface area is 101 Å². The zero-order chi connectivity index (χ0) is 11.8. The number of thiocarbonyl (C=S) groups is 1. The molecule has 2 rings (SSSR count). The van der Waals surface area contributed by atoms with Crippen LogP contribution < -0.4 is 15.2 Å². The molecular weight excluding hydrogens is 222 g/mol. The van der Waals surface area contributed by atoms with Crippen LogP contribution in [-0.4, -0.2) is 17.2 Å². The monoisotopic (exact) mass is 237 g/mol. The Balaban J connectivity index is 2.23. The molecule has 3 nitrogen and oxygen atoms in total. The van der Waals surface area contributed by atoms with Crippen LogP contribution in [0.3, 0.4) is 0 Å². The molecule has 0 saturated heterocycles. The number of hydrogen-bond acceptors (Lipinski definition) is 3. The van der Waals surface area contributed by atoms with Gasteiger partial charge in [-0.2, -0.15) is 0 Å². The van der Waals surface area contributed by atoms with Gasteiger partial charge in [0.05, 0.1) is 0 Å². The minimum absolute atomic E-state index is 0.162. The van der Waals surface area contributed by atoms with Crippen LogP contribution in [0, 0.1) is 0 Å². The first kappa shape index (κ1) is 11.2. The highest BCUT2D eigenvalue weighted by molar-refractivity contribution is 7.80. The summed E-state index contributed by atoms with van der Waals surface area (Å²) in [5.41, 5.74) is 6.41. The predicted octanol–water partition coefficient (Wildman–Crippen LogP) is 2.06. The minimum Gasteiger partial charge on any atom is -0.483 e. The van der Waals surface area contributed by atoms with E-state index in [1.807, 2.05) is 12.1 Å². The van der Waals surface area contributed by atoms with Crippen molar-refractivity contribution < 1.29 is 9.47 Å². The Morgan fingerprint density at radius 3 is 3.00 bits per heavy atom. The van der Waals surface area contributed by atoms with Crippen molar-refractivity contribution in [2.24, 2.45) is 5.73 Å². The summed E-state index contributed by atoms with van der Waals surface area (Å²) in [6.45, 7) is 4.37. The van der Waals surface area contributed by atoms with E-state index in [-0.39, 0.29) is 12.2 Å². The van der Waals surface area contributed by atoms with Crippen LogP contribution in [0.1, 0.15) is 19.4 Å². The summed E-state index contributed by atoms with van der Waals surface area (Å²) in [5, 5.41) is 0. The molecule has 0 fully saturated rings. The van der Waals surface area contributed by atoms with Crippen LogP contribution in [0.25, 0.3) is 0 Å². The third kappa shape index (κ3) is 2.27. The van der Waals surface area contributed by atoms with E-state index in [2.05, 4.69) is 19.9 Å². The van der Waals surface area contributed by atoms with Gasteiger partial charge in [-0.05, 0) is 19.9 Å². The minimum atomic E-state index is -0.162. The Bertz CT molecular complexity index is 429. The molecule has 0 spiro atoms. The molecule has 0 atom stereocenters. The largest absolute Gasteiger partial charge is 0.483 e. The third-order valence-corrected chi connectivity index (χ3v) is 2.54. The molecule has 0 aliphatic carbocycles. The van der Waals surface area contributed by atoms with Crippen molar-refractivity contribution in [1.29, 1.82) is 0 Å². The first-order chi connectivity index (χ1) is 7.48. The van der Waals surface area contributed by atoms with Gasteiger partial charge in [0.2, 0.25) is 0 Å². The highest BCUT2D eigenvalue weighted by atomic mass is 32.1. The van der Waals surface area contributed by atoms with Crippen molar-refractivity contribution in [2.75, 3.05) is 6.61 Å². The number of fused-ring (bicyclic) bond motifs is 1. The molecule has 2 N–H and O–H groups in total. The second-order valence-electron chi connectivity index (χ2n) is 4.54. The van der Waals surface area contributed by atoms with E-state index in [0.717, 1.165) is 17.9 Å². The number of hydrogen-bond donors (Lipinski definition) is 1. The van der Waals surface area contributed by atoms with Gasteiger partial charge >= 0.3 is 0 Å². The molecule has 1 aliphatic heterocycles. The van der Waals surface area contributed by atoms with Crippen LogP contribution in [-0.2, 0) is 6.42 Å². The average molecular weight is 237 g/mol. The number of nitrogens with two attached hydrogens (primary N) is 1. The lowest BCUT2D eigenvalue weighted by atomic mass is 10.0. The van der Waals surface area contributed by atoms with Gasteiger partial charge in [-0.25, -0.2) is 0 Å². The fourth-order valence-corrected chi connectivity index (χ4v) is 1.91. The fourth-order valence-electron chi connectivity index (χ4n) is 1.85. The maximum absolute atomic E-state index is 5.85. The predicted molar refractivity (Wildman–Crippen MR) is 67.1 cm³/mol. The van der Waals surface area contributed by atoms with Gasteiger partial charge in [0.15, 0.2) is 11.5 Å². The van der Waals surface area contributed by atoms with E-state index in [0.29, 0.717) is 4.99 Å². The maximum atomic E-state index is 5.85. The van der Waals surface area contributed by atoms with E-state index in [9.17, 15) is 0 Å². The van der Waals surface area contributed by atoms with E-state index in [1.54, 1.807) is 0 Å². The summed E-state index contributed by atoms with van der Waals surface area (Å²) in [4.78, 5) is 0.342. The summed E-state index contributed by atoms with van der Waals surface area (Å²) < 4.78 is 11.4. The first-order valence-corrected chi connectivity index (χ1v) is 5.61. The molecule has 1 aromatic carbocycles. The third-order valence-electron chi connectivity index (χ3n) is 2.42. The lowest BCUT2D eigenvalue weighted by Crippen LogP contribution is -2.25. The van der Waals surface area contributed by atoms with Crippen LogP contribution >= 0.6 is 12.2 Å². The molecule has 1 heterocycles. The number of ether oxygens (including phenoxy) is 2. The summed E-state index contributed by atoms with van der Waals surface area (Å²) >= 11 is 4.78. The molecule has 0 amide bonds. The van der Waals surface area contributed by atoms with Crippen molar-refractivity contribution in [3.63, 3.8) is 0 Å². The number of para-hydroxylation sites is 1. The Morgan fingerprint density at radius 2 is 2.31 bits per heavy atom. The highest BCUT2D eigenvalue weighted by Crippen LogP contribution is 2.41. The van der Waals surface area contributed by atoms with Crippen molar-refractivity contribution in [2.45, 2.75) is 25.9 Å². The molecule has 0 bridgehead atoms. The molecule has 4 heteroatoms. The molecule has 86 valence electrons. The highest BCUT2D eigenvalue weighted by Gasteiger charge is 2.32. The van der Waals surface area contributed by atoms with Gasteiger partial charge in [-0.3, -0.25) is 0 Å². The van der Waals surface area contributed by atoms with Gasteiger partial charge in [-0.1, -0.05) is 24.4 Å². The van der Waals surface area contributed by atoms with E-state index in [4.69, 9.17) is 27.4 Å². The Morgan fingerprint density at radius 1 is 1.56 bits per heavy atom. The molecule has 1 aromatic rings. The van der Waals surface area contributed by atoms with Crippen molar-refractivity contribution >= 4 is 17.2 Å². The van der Waals surface area contributed by atoms with Crippen LogP contribution in [0.15, 0.2) is 18.2 Å². The van der Waals surface area contributed by atoms with Gasteiger partial charge < -0.3 is 15.2 Å². The second-order valence-corrected chi connectivity index (χ2v) is 5.06. The van der Waals surface area contributed by atoms with Gasteiger partial charge in [0.1, 0.15) is 17.2 Å². The molecule has 16 heavy (non-hydrogen) atoms. The summed E-state index contributed by atoms with van der Waals surface area (Å²) in [6.07, 6.45) is 0.895. The molecular formula is C12H15NO2S. The topological polar surface area (TPSA) is 44.5 Å². The normalized spacial score (nSPS) is 16.4. The smallest absolute Gasteiger partial charge is 0.165 e. The molecule has 0 unspecified atom stereocenters. The summed E-state index contributed by atoms with van der Waals surface area (Å²) in [6, 6.07) is 5.88. The fraction of sp³-hybridized carbons (Fsp3) is 0.417. The molecule has 1 aliphatic rings. The lowest BCUT2D eigenvalue weighted by molar-refractivity contribution is 0.133. The number of benzene rings is 1. The van der Waals surface area contributed by atoms with E-state index < -0.39 is 0 Å². The van der Waals surface area contributed by atoms with Crippen LogP contribution in [0.2, 0.25) is 0 Å². The van der Waals surface area contributed by atoms with Crippen LogP contribution in [0.5, 0.6) is 11.5 Å². The summed E-state index contributed by atoms with van der Waals surface area (Å²) in [5.74, 6) is 1.54. The second kappa shape index (κ2) is 3.94. The Hall–Kier alpha value is -1.29. The Kier molecular flexibility index (Phi) is 2.76. The summed E-state index contributed by atoms with van der Waals surface area (Å²) in [7, 11) is 0. The molecule has 0 radical (unpaired) electrons. The standard InChI is InChI=1S/C12H15NO2S/c1-12(2)6-8-4-3-5-9(11(8)15-12)14-7-10(13)16/h3-5H,6-7H2,1-2H3,(H2,13,16).